The summed E-state index contributed by atoms with van der Waals surface area (Å²) in [6, 6.07) is 8.66. The molecule has 2 nitrogen and oxygen atoms in total. The molecular formula is C15H20INO. The number of ether oxygens (including phenoxy) is 1. The highest BCUT2D eigenvalue weighted by molar-refractivity contribution is 14.1. The minimum absolute atomic E-state index is 0.166. The Kier molecular flexibility index (Phi) is 3.65. The lowest BCUT2D eigenvalue weighted by Gasteiger charge is -2.48. The van der Waals surface area contributed by atoms with Crippen molar-refractivity contribution >= 4 is 22.6 Å². The summed E-state index contributed by atoms with van der Waals surface area (Å²) in [7, 11) is 0. The van der Waals surface area contributed by atoms with E-state index in [0.717, 1.165) is 19.4 Å². The van der Waals surface area contributed by atoms with Crippen LogP contribution in [0.1, 0.15) is 43.7 Å². The van der Waals surface area contributed by atoms with Crippen LogP contribution in [0.4, 0.5) is 0 Å². The Balaban J connectivity index is 1.76. The van der Waals surface area contributed by atoms with Crippen molar-refractivity contribution in [3.63, 3.8) is 0 Å². The van der Waals surface area contributed by atoms with E-state index in [-0.39, 0.29) is 11.6 Å². The van der Waals surface area contributed by atoms with Crippen molar-refractivity contribution in [2.45, 2.75) is 43.7 Å². The Morgan fingerprint density at radius 1 is 1.33 bits per heavy atom. The van der Waals surface area contributed by atoms with E-state index in [2.05, 4.69) is 46.9 Å². The molecule has 0 aromatic heterocycles. The summed E-state index contributed by atoms with van der Waals surface area (Å²) in [6.45, 7) is 0.891. The van der Waals surface area contributed by atoms with E-state index in [1.807, 2.05) is 0 Å². The summed E-state index contributed by atoms with van der Waals surface area (Å²) in [4.78, 5) is 0. The summed E-state index contributed by atoms with van der Waals surface area (Å²) in [5, 5.41) is 0. The molecule has 0 radical (unpaired) electrons. The molecule has 2 aliphatic rings. The third kappa shape index (κ3) is 2.32. The highest BCUT2D eigenvalue weighted by atomic mass is 127. The van der Waals surface area contributed by atoms with E-state index in [9.17, 15) is 0 Å². The van der Waals surface area contributed by atoms with Gasteiger partial charge < -0.3 is 10.5 Å². The van der Waals surface area contributed by atoms with Crippen molar-refractivity contribution in [2.24, 2.45) is 11.7 Å². The predicted octanol–water partition coefficient (Wildman–Crippen LogP) is 3.64. The van der Waals surface area contributed by atoms with E-state index < -0.39 is 0 Å². The Morgan fingerprint density at radius 3 is 2.78 bits per heavy atom. The van der Waals surface area contributed by atoms with Crippen molar-refractivity contribution in [1.82, 2.24) is 0 Å². The molecule has 98 valence electrons. The SMILES string of the molecule is NC(c1ccccc1I)C1CCOC2(CCC2)C1. The Morgan fingerprint density at radius 2 is 2.11 bits per heavy atom. The average molecular weight is 357 g/mol. The highest BCUT2D eigenvalue weighted by Gasteiger charge is 2.44. The minimum atomic E-state index is 0.166. The molecular weight excluding hydrogens is 337 g/mol. The molecule has 2 unspecified atom stereocenters. The van der Waals surface area contributed by atoms with Gasteiger partial charge in [0.05, 0.1) is 5.60 Å². The molecule has 0 amide bonds. The lowest BCUT2D eigenvalue weighted by molar-refractivity contribution is -0.146. The fraction of sp³-hybridized carbons (Fsp3) is 0.600. The lowest BCUT2D eigenvalue weighted by Crippen LogP contribution is -2.47. The summed E-state index contributed by atoms with van der Waals surface area (Å²) in [5.41, 5.74) is 8.01. The van der Waals surface area contributed by atoms with E-state index in [4.69, 9.17) is 10.5 Å². The quantitative estimate of drug-likeness (QED) is 0.821. The third-order valence-electron chi connectivity index (χ3n) is 4.57. The molecule has 1 spiro atoms. The second kappa shape index (κ2) is 5.10. The van der Waals surface area contributed by atoms with Gasteiger partial charge in [0, 0.05) is 16.2 Å². The lowest BCUT2D eigenvalue weighted by atomic mass is 9.70. The molecule has 1 heterocycles. The molecule has 2 N–H and O–H groups in total. The standard InChI is InChI=1S/C15H20INO/c16-13-5-2-1-4-12(13)14(17)11-6-9-18-15(10-11)7-3-8-15/h1-2,4-5,11,14H,3,6-10,17H2. The van der Waals surface area contributed by atoms with E-state index >= 15 is 0 Å². The zero-order chi connectivity index (χ0) is 12.6. The summed E-state index contributed by atoms with van der Waals surface area (Å²) in [5.74, 6) is 0.579. The maximum atomic E-state index is 6.51. The van der Waals surface area contributed by atoms with Crippen LogP contribution in [0.3, 0.4) is 0 Å². The first-order valence-electron chi connectivity index (χ1n) is 6.84. The van der Waals surface area contributed by atoms with Crippen LogP contribution in [-0.2, 0) is 4.74 Å². The van der Waals surface area contributed by atoms with Crippen molar-refractivity contribution in [3.05, 3.63) is 33.4 Å². The van der Waals surface area contributed by atoms with Gasteiger partial charge in [0.1, 0.15) is 0 Å². The summed E-state index contributed by atoms with van der Waals surface area (Å²) < 4.78 is 7.28. The number of halogens is 1. The average Bonchev–Trinajstić information content (AvgIpc) is 2.37. The molecule has 18 heavy (non-hydrogen) atoms. The largest absolute Gasteiger partial charge is 0.375 e. The second-order valence-electron chi connectivity index (χ2n) is 5.69. The van der Waals surface area contributed by atoms with Gasteiger partial charge in [0.2, 0.25) is 0 Å². The number of benzene rings is 1. The third-order valence-corrected chi connectivity index (χ3v) is 5.55. The van der Waals surface area contributed by atoms with Gasteiger partial charge in [-0.1, -0.05) is 18.2 Å². The number of nitrogens with two attached hydrogens (primary N) is 1. The van der Waals surface area contributed by atoms with Crippen LogP contribution in [0.25, 0.3) is 0 Å². The van der Waals surface area contributed by atoms with E-state index in [0.29, 0.717) is 5.92 Å². The zero-order valence-corrected chi connectivity index (χ0v) is 12.7. The number of hydrogen-bond acceptors (Lipinski definition) is 2. The first-order chi connectivity index (χ1) is 8.70. The van der Waals surface area contributed by atoms with Gasteiger partial charge in [-0.2, -0.15) is 0 Å². The molecule has 1 aliphatic carbocycles. The van der Waals surface area contributed by atoms with Crippen LogP contribution in [0.15, 0.2) is 24.3 Å². The van der Waals surface area contributed by atoms with Crippen molar-refractivity contribution < 1.29 is 4.74 Å². The van der Waals surface area contributed by atoms with Gasteiger partial charge >= 0.3 is 0 Å². The predicted molar refractivity (Wildman–Crippen MR) is 81.3 cm³/mol. The molecule has 2 fully saturated rings. The first kappa shape index (κ1) is 12.9. The highest BCUT2D eigenvalue weighted by Crippen LogP contribution is 2.46. The minimum Gasteiger partial charge on any atom is -0.375 e. The van der Waals surface area contributed by atoms with Crippen LogP contribution in [-0.4, -0.2) is 12.2 Å². The molecule has 1 aliphatic heterocycles. The maximum absolute atomic E-state index is 6.51. The molecule has 1 aromatic carbocycles. The van der Waals surface area contributed by atoms with Crippen LogP contribution in [0, 0.1) is 9.49 Å². The van der Waals surface area contributed by atoms with Gasteiger partial charge in [-0.25, -0.2) is 0 Å². The fourth-order valence-corrected chi connectivity index (χ4v) is 4.04. The molecule has 3 heteroatoms. The molecule has 1 aromatic rings. The van der Waals surface area contributed by atoms with E-state index in [1.165, 1.54) is 28.4 Å². The second-order valence-corrected chi connectivity index (χ2v) is 6.85. The Bertz CT molecular complexity index is 430. The zero-order valence-electron chi connectivity index (χ0n) is 10.6. The van der Waals surface area contributed by atoms with Gasteiger partial charge in [-0.15, -0.1) is 0 Å². The van der Waals surface area contributed by atoms with Gasteiger partial charge in [-0.3, -0.25) is 0 Å². The van der Waals surface area contributed by atoms with Crippen molar-refractivity contribution in [3.8, 4) is 0 Å². The van der Waals surface area contributed by atoms with Crippen LogP contribution < -0.4 is 5.73 Å². The number of rotatable bonds is 2. The van der Waals surface area contributed by atoms with Crippen LogP contribution in [0.5, 0.6) is 0 Å². The van der Waals surface area contributed by atoms with E-state index in [1.54, 1.807) is 0 Å². The smallest absolute Gasteiger partial charge is 0.0686 e. The van der Waals surface area contributed by atoms with Crippen molar-refractivity contribution in [1.29, 1.82) is 0 Å². The van der Waals surface area contributed by atoms with Gasteiger partial charge in [-0.05, 0) is 72.2 Å². The van der Waals surface area contributed by atoms with Crippen LogP contribution >= 0.6 is 22.6 Å². The summed E-state index contributed by atoms with van der Waals surface area (Å²) in [6.07, 6.45) is 6.06. The maximum Gasteiger partial charge on any atom is 0.0686 e. The summed E-state index contributed by atoms with van der Waals surface area (Å²) >= 11 is 2.39. The van der Waals surface area contributed by atoms with Gasteiger partial charge in [0.15, 0.2) is 0 Å². The molecule has 1 saturated heterocycles. The Labute approximate surface area is 122 Å². The molecule has 3 rings (SSSR count). The normalized spacial score (nSPS) is 27.8. The Hall–Kier alpha value is -0.130. The molecule has 0 bridgehead atoms. The fourth-order valence-electron chi connectivity index (χ4n) is 3.29. The molecule has 2 atom stereocenters. The number of hydrogen-bond donors (Lipinski definition) is 1. The van der Waals surface area contributed by atoms with Gasteiger partial charge in [0.25, 0.3) is 0 Å². The van der Waals surface area contributed by atoms with Crippen molar-refractivity contribution in [2.75, 3.05) is 6.61 Å². The molecule has 1 saturated carbocycles. The topological polar surface area (TPSA) is 35.2 Å². The first-order valence-corrected chi connectivity index (χ1v) is 7.92. The monoisotopic (exact) mass is 357 g/mol. The van der Waals surface area contributed by atoms with Crippen LogP contribution in [0.2, 0.25) is 0 Å².